The van der Waals surface area contributed by atoms with E-state index in [4.69, 9.17) is 0 Å². The normalized spacial score (nSPS) is 14.8. The van der Waals surface area contributed by atoms with E-state index in [9.17, 15) is 0 Å². The van der Waals surface area contributed by atoms with Crippen molar-refractivity contribution in [2.75, 3.05) is 6.54 Å². The van der Waals surface area contributed by atoms with E-state index >= 15 is 0 Å². The molecule has 0 saturated heterocycles. The van der Waals surface area contributed by atoms with E-state index in [1.54, 1.807) is 0 Å². The van der Waals surface area contributed by atoms with Crippen molar-refractivity contribution in [1.29, 1.82) is 0 Å². The zero-order valence-electron chi connectivity index (χ0n) is 14.0. The van der Waals surface area contributed by atoms with Gasteiger partial charge in [-0.3, -0.25) is 0 Å². The summed E-state index contributed by atoms with van der Waals surface area (Å²) >= 11 is 0. The molecule has 0 heterocycles. The first-order valence-corrected chi connectivity index (χ1v) is 7.92. The molecule has 0 spiro atoms. The van der Waals surface area contributed by atoms with Crippen molar-refractivity contribution in [3.8, 4) is 0 Å². The fourth-order valence-corrected chi connectivity index (χ4v) is 2.03. The van der Waals surface area contributed by atoms with E-state index in [1.165, 1.54) is 38.5 Å². The third kappa shape index (κ3) is 8.97. The van der Waals surface area contributed by atoms with Crippen LogP contribution in [0.1, 0.15) is 87.0 Å². The van der Waals surface area contributed by atoms with Gasteiger partial charge in [0, 0.05) is 12.6 Å². The van der Waals surface area contributed by atoms with Crippen molar-refractivity contribution in [2.24, 2.45) is 10.8 Å². The second kappa shape index (κ2) is 8.19. The zero-order valence-corrected chi connectivity index (χ0v) is 14.0. The Kier molecular flexibility index (Phi) is 8.18. The van der Waals surface area contributed by atoms with E-state index < -0.39 is 0 Å². The average Bonchev–Trinajstić information content (AvgIpc) is 2.24. The SMILES string of the molecule is CCCCCCCC(C)(C)CN[C@H](C)C(C)(C)C. The summed E-state index contributed by atoms with van der Waals surface area (Å²) in [6.45, 7) is 17.4. The topological polar surface area (TPSA) is 12.0 Å². The third-order valence-electron chi connectivity index (χ3n) is 4.14. The molecule has 0 unspecified atom stereocenters. The lowest BCUT2D eigenvalue weighted by Crippen LogP contribution is -2.42. The summed E-state index contributed by atoms with van der Waals surface area (Å²) in [7, 11) is 0. The van der Waals surface area contributed by atoms with E-state index in [-0.39, 0.29) is 0 Å². The molecule has 110 valence electrons. The van der Waals surface area contributed by atoms with E-state index in [0.29, 0.717) is 16.9 Å². The smallest absolute Gasteiger partial charge is 0.00874 e. The molecule has 0 aliphatic heterocycles. The summed E-state index contributed by atoms with van der Waals surface area (Å²) in [5.41, 5.74) is 0.795. The second-order valence-electron chi connectivity index (χ2n) is 7.80. The Hall–Kier alpha value is -0.0400. The summed E-state index contributed by atoms with van der Waals surface area (Å²) in [5.74, 6) is 0. The monoisotopic (exact) mass is 255 g/mol. The quantitative estimate of drug-likeness (QED) is 0.544. The number of hydrogen-bond acceptors (Lipinski definition) is 1. The van der Waals surface area contributed by atoms with Crippen LogP contribution in [0.2, 0.25) is 0 Å². The lowest BCUT2D eigenvalue weighted by atomic mass is 9.84. The van der Waals surface area contributed by atoms with Crippen LogP contribution in [0, 0.1) is 10.8 Å². The number of rotatable bonds is 9. The fourth-order valence-electron chi connectivity index (χ4n) is 2.03. The number of nitrogens with one attached hydrogen (secondary N) is 1. The van der Waals surface area contributed by atoms with Gasteiger partial charge in [-0.05, 0) is 24.2 Å². The largest absolute Gasteiger partial charge is 0.313 e. The molecule has 0 radical (unpaired) electrons. The van der Waals surface area contributed by atoms with Crippen molar-refractivity contribution >= 4 is 0 Å². The van der Waals surface area contributed by atoms with E-state index in [1.807, 2.05) is 0 Å². The van der Waals surface area contributed by atoms with Gasteiger partial charge < -0.3 is 5.32 Å². The summed E-state index contributed by atoms with van der Waals surface area (Å²) in [4.78, 5) is 0. The van der Waals surface area contributed by atoms with E-state index in [0.717, 1.165) is 6.54 Å². The van der Waals surface area contributed by atoms with E-state index in [2.05, 4.69) is 53.8 Å². The van der Waals surface area contributed by atoms with Crippen LogP contribution in [0.25, 0.3) is 0 Å². The van der Waals surface area contributed by atoms with Crippen molar-refractivity contribution < 1.29 is 0 Å². The summed E-state index contributed by atoms with van der Waals surface area (Å²) < 4.78 is 0. The van der Waals surface area contributed by atoms with Gasteiger partial charge in [0.2, 0.25) is 0 Å². The van der Waals surface area contributed by atoms with Gasteiger partial charge in [-0.25, -0.2) is 0 Å². The standard InChI is InChI=1S/C17H37N/c1-8-9-10-11-12-13-17(6,7)14-18-15(2)16(3,4)5/h15,18H,8-14H2,1-7H3/t15-/m1/s1. The first kappa shape index (κ1) is 18.0. The molecule has 0 amide bonds. The summed E-state index contributed by atoms with van der Waals surface area (Å²) in [6, 6.07) is 0.580. The van der Waals surface area contributed by atoms with Gasteiger partial charge in [-0.15, -0.1) is 0 Å². The Morgan fingerprint density at radius 3 is 1.94 bits per heavy atom. The lowest BCUT2D eigenvalue weighted by molar-refractivity contribution is 0.231. The van der Waals surface area contributed by atoms with Crippen molar-refractivity contribution in [1.82, 2.24) is 5.32 Å². The molecule has 1 atom stereocenters. The highest BCUT2D eigenvalue weighted by Gasteiger charge is 2.23. The molecule has 0 bridgehead atoms. The highest BCUT2D eigenvalue weighted by molar-refractivity contribution is 4.80. The van der Waals surface area contributed by atoms with Gasteiger partial charge in [0.25, 0.3) is 0 Å². The fraction of sp³-hybridized carbons (Fsp3) is 1.00. The van der Waals surface area contributed by atoms with Crippen LogP contribution in [0.3, 0.4) is 0 Å². The molecule has 0 aliphatic rings. The zero-order chi connectivity index (χ0) is 14.2. The van der Waals surface area contributed by atoms with Crippen LogP contribution in [0.4, 0.5) is 0 Å². The molecular weight excluding hydrogens is 218 g/mol. The lowest BCUT2D eigenvalue weighted by Gasteiger charge is -2.33. The van der Waals surface area contributed by atoms with Crippen LogP contribution in [0.15, 0.2) is 0 Å². The Morgan fingerprint density at radius 1 is 0.889 bits per heavy atom. The van der Waals surface area contributed by atoms with Crippen LogP contribution < -0.4 is 5.32 Å². The van der Waals surface area contributed by atoms with Crippen LogP contribution in [0.5, 0.6) is 0 Å². The van der Waals surface area contributed by atoms with Crippen molar-refractivity contribution in [3.05, 3.63) is 0 Å². The maximum absolute atomic E-state index is 3.71. The summed E-state index contributed by atoms with van der Waals surface area (Å²) in [6.07, 6.45) is 8.30. The van der Waals surface area contributed by atoms with Gasteiger partial charge >= 0.3 is 0 Å². The Balaban J connectivity index is 3.79. The predicted octanol–water partition coefficient (Wildman–Crippen LogP) is 5.40. The molecule has 1 heteroatoms. The highest BCUT2D eigenvalue weighted by atomic mass is 14.9. The molecule has 0 aromatic rings. The van der Waals surface area contributed by atoms with Gasteiger partial charge in [-0.1, -0.05) is 73.6 Å². The predicted molar refractivity (Wildman–Crippen MR) is 84.1 cm³/mol. The minimum atomic E-state index is 0.358. The Labute approximate surface area is 116 Å². The van der Waals surface area contributed by atoms with Gasteiger partial charge in [-0.2, -0.15) is 0 Å². The molecule has 1 N–H and O–H groups in total. The molecular formula is C17H37N. The molecule has 18 heavy (non-hydrogen) atoms. The number of unbranched alkanes of at least 4 members (excludes halogenated alkanes) is 4. The van der Waals surface area contributed by atoms with Crippen molar-refractivity contribution in [3.63, 3.8) is 0 Å². The maximum Gasteiger partial charge on any atom is 0.00874 e. The third-order valence-corrected chi connectivity index (χ3v) is 4.14. The first-order valence-electron chi connectivity index (χ1n) is 7.92. The second-order valence-corrected chi connectivity index (χ2v) is 7.80. The van der Waals surface area contributed by atoms with Crippen molar-refractivity contribution in [2.45, 2.75) is 93.0 Å². The average molecular weight is 255 g/mol. The molecule has 0 rings (SSSR count). The van der Waals surface area contributed by atoms with Gasteiger partial charge in [0.15, 0.2) is 0 Å². The van der Waals surface area contributed by atoms with Crippen LogP contribution >= 0.6 is 0 Å². The summed E-state index contributed by atoms with van der Waals surface area (Å²) in [5, 5.41) is 3.71. The molecule has 1 nitrogen and oxygen atoms in total. The van der Waals surface area contributed by atoms with Gasteiger partial charge in [0.05, 0.1) is 0 Å². The molecule has 0 saturated carbocycles. The number of hydrogen-bond donors (Lipinski definition) is 1. The van der Waals surface area contributed by atoms with Crippen LogP contribution in [-0.2, 0) is 0 Å². The Bertz CT molecular complexity index is 200. The molecule has 0 fully saturated rings. The first-order chi connectivity index (χ1) is 8.19. The minimum absolute atomic E-state index is 0.358. The molecule has 0 aromatic carbocycles. The molecule has 0 aliphatic carbocycles. The minimum Gasteiger partial charge on any atom is -0.313 e. The van der Waals surface area contributed by atoms with Gasteiger partial charge in [0.1, 0.15) is 0 Å². The Morgan fingerprint density at radius 2 is 1.44 bits per heavy atom. The molecule has 0 aromatic heterocycles. The van der Waals surface area contributed by atoms with Crippen LogP contribution in [-0.4, -0.2) is 12.6 Å². The highest BCUT2D eigenvalue weighted by Crippen LogP contribution is 2.25. The maximum atomic E-state index is 3.71.